The molecule has 1 N–H and O–H groups in total. The van der Waals surface area contributed by atoms with Crippen LogP contribution in [0.2, 0.25) is 0 Å². The average molecular weight is 240 g/mol. The van der Waals surface area contributed by atoms with Gasteiger partial charge in [-0.15, -0.1) is 0 Å². The summed E-state index contributed by atoms with van der Waals surface area (Å²) < 4.78 is 5.30. The van der Waals surface area contributed by atoms with E-state index in [1.54, 1.807) is 0 Å². The van der Waals surface area contributed by atoms with Gasteiger partial charge in [-0.05, 0) is 19.9 Å². The zero-order chi connectivity index (χ0) is 12.1. The maximum atomic E-state index is 11.8. The second kappa shape index (κ2) is 6.24. The van der Waals surface area contributed by atoms with Crippen LogP contribution in [0.15, 0.2) is 0 Å². The summed E-state index contributed by atoms with van der Waals surface area (Å²) in [5, 5.41) is 3.17. The summed E-state index contributed by atoms with van der Waals surface area (Å²) in [7, 11) is 1.95. The maximum absolute atomic E-state index is 11.8. The Hall–Kier alpha value is -0.770. The molecule has 2 fully saturated rings. The van der Waals surface area contributed by atoms with E-state index < -0.39 is 0 Å². The topological polar surface area (TPSA) is 41.6 Å². The lowest BCUT2D eigenvalue weighted by molar-refractivity contribution is 0.0239. The van der Waals surface area contributed by atoms with Crippen molar-refractivity contribution in [1.29, 1.82) is 0 Å². The van der Waals surface area contributed by atoms with Crippen molar-refractivity contribution >= 4 is 6.09 Å². The molecular weight excluding hydrogens is 216 g/mol. The van der Waals surface area contributed by atoms with Gasteiger partial charge in [0.05, 0.1) is 6.61 Å². The van der Waals surface area contributed by atoms with Crippen LogP contribution in [-0.2, 0) is 4.74 Å². The van der Waals surface area contributed by atoms with Gasteiger partial charge in [0.15, 0.2) is 0 Å². The number of carbonyl (C=O) groups is 1. The molecule has 1 saturated heterocycles. The van der Waals surface area contributed by atoms with Crippen molar-refractivity contribution in [3.8, 4) is 0 Å². The number of hydrogen-bond donors (Lipinski definition) is 1. The number of nitrogens with one attached hydrogen (secondary N) is 1. The van der Waals surface area contributed by atoms with Crippen molar-refractivity contribution in [1.82, 2.24) is 10.2 Å². The predicted molar refractivity (Wildman–Crippen MR) is 67.0 cm³/mol. The smallest absolute Gasteiger partial charge is 0.410 e. The molecular formula is C13H24N2O2. The summed E-state index contributed by atoms with van der Waals surface area (Å²) in [5.41, 5.74) is 0. The third-order valence-electron chi connectivity index (χ3n) is 3.89. The van der Waals surface area contributed by atoms with Crippen LogP contribution in [0, 0.1) is 5.92 Å². The molecule has 1 aliphatic carbocycles. The second-order valence-electron chi connectivity index (χ2n) is 5.30. The van der Waals surface area contributed by atoms with Gasteiger partial charge in [0.25, 0.3) is 0 Å². The molecule has 0 aromatic rings. The zero-order valence-electron chi connectivity index (χ0n) is 10.8. The van der Waals surface area contributed by atoms with Gasteiger partial charge in [-0.2, -0.15) is 0 Å². The van der Waals surface area contributed by atoms with Gasteiger partial charge in [0.2, 0.25) is 0 Å². The van der Waals surface area contributed by atoms with E-state index in [2.05, 4.69) is 5.32 Å². The highest BCUT2D eigenvalue weighted by Crippen LogP contribution is 2.25. The predicted octanol–water partition coefficient (Wildman–Crippen LogP) is 2.00. The third-order valence-corrected chi connectivity index (χ3v) is 3.89. The lowest BCUT2D eigenvalue weighted by Gasteiger charge is -2.37. The number of hydrogen-bond acceptors (Lipinski definition) is 3. The van der Waals surface area contributed by atoms with Gasteiger partial charge in [-0.1, -0.05) is 25.7 Å². The van der Waals surface area contributed by atoms with Crippen LogP contribution in [0.4, 0.5) is 4.79 Å². The normalized spacial score (nSPS) is 27.7. The molecule has 2 aliphatic rings. The molecule has 0 aromatic carbocycles. The monoisotopic (exact) mass is 240 g/mol. The fourth-order valence-electron chi connectivity index (χ4n) is 2.96. The molecule has 0 bridgehead atoms. The number of carbonyl (C=O) groups excluding carboxylic acids is 1. The molecule has 1 heterocycles. The molecule has 17 heavy (non-hydrogen) atoms. The van der Waals surface area contributed by atoms with Crippen molar-refractivity contribution in [2.75, 3.05) is 26.7 Å². The standard InChI is InChI=1S/C13H24N2O2/c1-14-8-11-9-15(13(16)17-10-11)12-6-4-2-3-5-7-12/h11-12,14H,2-10H2,1H3. The van der Waals surface area contributed by atoms with Crippen LogP contribution in [0.1, 0.15) is 38.5 Å². The number of ether oxygens (including phenoxy) is 1. The molecule has 0 radical (unpaired) electrons. The molecule has 1 amide bonds. The quantitative estimate of drug-likeness (QED) is 0.767. The van der Waals surface area contributed by atoms with Crippen LogP contribution in [-0.4, -0.2) is 43.8 Å². The summed E-state index contributed by atoms with van der Waals surface area (Å²) in [4.78, 5) is 13.8. The highest BCUT2D eigenvalue weighted by molar-refractivity contribution is 5.68. The Kier molecular flexibility index (Phi) is 4.66. The Morgan fingerprint density at radius 2 is 2.00 bits per heavy atom. The summed E-state index contributed by atoms with van der Waals surface area (Å²) >= 11 is 0. The van der Waals surface area contributed by atoms with Gasteiger partial charge in [0, 0.05) is 25.0 Å². The molecule has 1 saturated carbocycles. The van der Waals surface area contributed by atoms with Gasteiger partial charge in [0.1, 0.15) is 0 Å². The van der Waals surface area contributed by atoms with E-state index in [0.717, 1.165) is 25.9 Å². The van der Waals surface area contributed by atoms with Gasteiger partial charge < -0.3 is 15.0 Å². The summed E-state index contributed by atoms with van der Waals surface area (Å²) in [6.45, 7) is 2.36. The van der Waals surface area contributed by atoms with E-state index in [4.69, 9.17) is 4.74 Å². The Morgan fingerprint density at radius 3 is 2.65 bits per heavy atom. The summed E-state index contributed by atoms with van der Waals surface area (Å²) in [5.74, 6) is 0.445. The highest BCUT2D eigenvalue weighted by Gasteiger charge is 2.32. The molecule has 98 valence electrons. The first-order valence-electron chi connectivity index (χ1n) is 6.89. The van der Waals surface area contributed by atoms with Crippen molar-refractivity contribution in [3.63, 3.8) is 0 Å². The number of rotatable bonds is 3. The van der Waals surface area contributed by atoms with Crippen molar-refractivity contribution in [2.45, 2.75) is 44.6 Å². The average Bonchev–Trinajstić information content (AvgIpc) is 2.60. The molecule has 0 aromatic heterocycles. The van der Waals surface area contributed by atoms with E-state index >= 15 is 0 Å². The third kappa shape index (κ3) is 3.35. The minimum atomic E-state index is -0.0933. The fraction of sp³-hybridized carbons (Fsp3) is 0.923. The number of nitrogens with zero attached hydrogens (tertiary/aromatic N) is 1. The SMILES string of the molecule is CNCC1COC(=O)N(C2CCCCCC2)C1. The molecule has 4 heteroatoms. The van der Waals surface area contributed by atoms with Gasteiger partial charge in [-0.25, -0.2) is 4.79 Å². The molecule has 0 spiro atoms. The summed E-state index contributed by atoms with van der Waals surface area (Å²) in [6.07, 6.45) is 7.36. The van der Waals surface area contributed by atoms with Gasteiger partial charge in [-0.3, -0.25) is 0 Å². The van der Waals surface area contributed by atoms with Crippen molar-refractivity contribution in [3.05, 3.63) is 0 Å². The Morgan fingerprint density at radius 1 is 1.29 bits per heavy atom. The van der Waals surface area contributed by atoms with Crippen LogP contribution in [0.3, 0.4) is 0 Å². The van der Waals surface area contributed by atoms with E-state index in [1.165, 1.54) is 25.7 Å². The van der Waals surface area contributed by atoms with E-state index in [0.29, 0.717) is 18.6 Å². The van der Waals surface area contributed by atoms with Crippen LogP contribution >= 0.6 is 0 Å². The molecule has 1 atom stereocenters. The van der Waals surface area contributed by atoms with Crippen molar-refractivity contribution in [2.24, 2.45) is 5.92 Å². The van der Waals surface area contributed by atoms with Gasteiger partial charge >= 0.3 is 6.09 Å². The molecule has 1 unspecified atom stereocenters. The van der Waals surface area contributed by atoms with Crippen LogP contribution in [0.5, 0.6) is 0 Å². The fourth-order valence-corrected chi connectivity index (χ4v) is 2.96. The highest BCUT2D eigenvalue weighted by atomic mass is 16.6. The minimum Gasteiger partial charge on any atom is -0.449 e. The molecule has 2 rings (SSSR count). The lowest BCUT2D eigenvalue weighted by Crippen LogP contribution is -2.50. The Bertz CT molecular complexity index is 250. The number of cyclic esters (lactones) is 1. The van der Waals surface area contributed by atoms with E-state index in [-0.39, 0.29) is 6.09 Å². The first kappa shape index (κ1) is 12.7. The number of amides is 1. The Balaban J connectivity index is 1.93. The first-order chi connectivity index (χ1) is 8.31. The lowest BCUT2D eigenvalue weighted by atomic mass is 10.0. The minimum absolute atomic E-state index is 0.0933. The first-order valence-corrected chi connectivity index (χ1v) is 6.89. The Labute approximate surface area is 104 Å². The maximum Gasteiger partial charge on any atom is 0.410 e. The summed E-state index contributed by atoms with van der Waals surface area (Å²) in [6, 6.07) is 0.421. The second-order valence-corrected chi connectivity index (χ2v) is 5.30. The largest absolute Gasteiger partial charge is 0.449 e. The molecule has 4 nitrogen and oxygen atoms in total. The van der Waals surface area contributed by atoms with E-state index in [9.17, 15) is 4.79 Å². The van der Waals surface area contributed by atoms with Crippen LogP contribution in [0.25, 0.3) is 0 Å². The zero-order valence-corrected chi connectivity index (χ0v) is 10.8. The van der Waals surface area contributed by atoms with Crippen molar-refractivity contribution < 1.29 is 9.53 Å². The molecule has 1 aliphatic heterocycles. The van der Waals surface area contributed by atoms with E-state index in [1.807, 2.05) is 11.9 Å². The van der Waals surface area contributed by atoms with Crippen LogP contribution < -0.4 is 5.32 Å².